The Morgan fingerprint density at radius 2 is 1.33 bits per heavy atom. The number of halogens is 1. The largest absolute Gasteiger partial charge is 0.348 e. The zero-order chi connectivity index (χ0) is 19.2. The Morgan fingerprint density at radius 1 is 0.778 bits per heavy atom. The lowest BCUT2D eigenvalue weighted by Crippen LogP contribution is -2.23. The second-order valence-electron chi connectivity index (χ2n) is 6.21. The lowest BCUT2D eigenvalue weighted by molar-refractivity contribution is 0.0949. The first kappa shape index (κ1) is 18.3. The molecule has 0 radical (unpaired) electrons. The van der Waals surface area contributed by atoms with Crippen LogP contribution in [-0.4, -0.2) is 11.8 Å². The van der Waals surface area contributed by atoms with Crippen molar-refractivity contribution in [1.29, 1.82) is 0 Å². The Labute approximate surface area is 157 Å². The number of benzene rings is 3. The van der Waals surface area contributed by atoms with Gasteiger partial charge in [-0.25, -0.2) is 4.39 Å². The average Bonchev–Trinajstić information content (AvgIpc) is 2.69. The van der Waals surface area contributed by atoms with Gasteiger partial charge in [0.2, 0.25) is 0 Å². The first-order valence-electron chi connectivity index (χ1n) is 8.52. The highest BCUT2D eigenvalue weighted by molar-refractivity contribution is 6.05. The van der Waals surface area contributed by atoms with Gasteiger partial charge in [0.15, 0.2) is 0 Å². The first-order valence-corrected chi connectivity index (χ1v) is 8.52. The van der Waals surface area contributed by atoms with E-state index in [2.05, 4.69) is 10.6 Å². The van der Waals surface area contributed by atoms with Crippen LogP contribution in [0, 0.1) is 12.7 Å². The summed E-state index contributed by atoms with van der Waals surface area (Å²) in [4.78, 5) is 24.5. The van der Waals surface area contributed by atoms with E-state index in [9.17, 15) is 14.0 Å². The summed E-state index contributed by atoms with van der Waals surface area (Å²) in [5.41, 5.74) is 3.57. The standard InChI is InChI=1S/C22H19FN2O2/c1-15-2-4-16(5-3-15)14-24-21(26)17-6-8-18(9-7-17)22(27)25-20-12-10-19(23)11-13-20/h2-13H,14H2,1H3,(H,24,26)(H,25,27). The highest BCUT2D eigenvalue weighted by atomic mass is 19.1. The molecule has 27 heavy (non-hydrogen) atoms. The van der Waals surface area contributed by atoms with Crippen LogP contribution in [0.5, 0.6) is 0 Å². The number of carbonyl (C=O) groups excluding carboxylic acids is 2. The third-order valence-electron chi connectivity index (χ3n) is 4.09. The maximum absolute atomic E-state index is 12.9. The van der Waals surface area contributed by atoms with Crippen LogP contribution in [0.25, 0.3) is 0 Å². The van der Waals surface area contributed by atoms with E-state index in [-0.39, 0.29) is 17.6 Å². The van der Waals surface area contributed by atoms with E-state index in [0.717, 1.165) is 5.56 Å². The van der Waals surface area contributed by atoms with Crippen molar-refractivity contribution in [3.63, 3.8) is 0 Å². The average molecular weight is 362 g/mol. The molecule has 0 aliphatic rings. The van der Waals surface area contributed by atoms with Crippen molar-refractivity contribution >= 4 is 17.5 Å². The maximum Gasteiger partial charge on any atom is 0.255 e. The molecular weight excluding hydrogens is 343 g/mol. The summed E-state index contributed by atoms with van der Waals surface area (Å²) in [6.07, 6.45) is 0. The fraction of sp³-hybridized carbons (Fsp3) is 0.0909. The van der Waals surface area contributed by atoms with Gasteiger partial charge in [0.1, 0.15) is 5.82 Å². The highest BCUT2D eigenvalue weighted by Crippen LogP contribution is 2.12. The molecular formula is C22H19FN2O2. The quantitative estimate of drug-likeness (QED) is 0.710. The van der Waals surface area contributed by atoms with E-state index in [0.29, 0.717) is 23.4 Å². The maximum atomic E-state index is 12.9. The minimum atomic E-state index is -0.367. The fourth-order valence-electron chi connectivity index (χ4n) is 2.50. The number of aryl methyl sites for hydroxylation is 1. The lowest BCUT2D eigenvalue weighted by atomic mass is 10.1. The van der Waals surface area contributed by atoms with Gasteiger partial charge in [-0.1, -0.05) is 29.8 Å². The highest BCUT2D eigenvalue weighted by Gasteiger charge is 2.09. The van der Waals surface area contributed by atoms with Crippen LogP contribution in [0.2, 0.25) is 0 Å². The summed E-state index contributed by atoms with van der Waals surface area (Å²) in [6.45, 7) is 2.45. The molecule has 0 spiro atoms. The van der Waals surface area contributed by atoms with Gasteiger partial charge in [0.25, 0.3) is 11.8 Å². The number of carbonyl (C=O) groups is 2. The van der Waals surface area contributed by atoms with Gasteiger partial charge < -0.3 is 10.6 Å². The second kappa shape index (κ2) is 8.27. The van der Waals surface area contributed by atoms with E-state index in [4.69, 9.17) is 0 Å². The summed E-state index contributed by atoms with van der Waals surface area (Å²) < 4.78 is 12.9. The van der Waals surface area contributed by atoms with Gasteiger partial charge in [0, 0.05) is 23.4 Å². The van der Waals surface area contributed by atoms with Crippen LogP contribution in [0.4, 0.5) is 10.1 Å². The molecule has 0 atom stereocenters. The predicted molar refractivity (Wildman–Crippen MR) is 103 cm³/mol. The van der Waals surface area contributed by atoms with E-state index in [1.807, 2.05) is 31.2 Å². The van der Waals surface area contributed by atoms with Gasteiger partial charge in [-0.3, -0.25) is 9.59 Å². The number of hydrogen-bond donors (Lipinski definition) is 2. The Kier molecular flexibility index (Phi) is 5.61. The molecule has 0 heterocycles. The molecule has 0 fully saturated rings. The van der Waals surface area contributed by atoms with Crippen molar-refractivity contribution < 1.29 is 14.0 Å². The van der Waals surface area contributed by atoms with Gasteiger partial charge in [-0.05, 0) is 61.0 Å². The molecule has 4 nitrogen and oxygen atoms in total. The van der Waals surface area contributed by atoms with Crippen LogP contribution in [-0.2, 0) is 6.54 Å². The zero-order valence-corrected chi connectivity index (χ0v) is 14.8. The fourth-order valence-corrected chi connectivity index (χ4v) is 2.50. The number of nitrogens with one attached hydrogen (secondary N) is 2. The molecule has 0 bridgehead atoms. The van der Waals surface area contributed by atoms with Crippen LogP contribution in [0.3, 0.4) is 0 Å². The molecule has 0 aromatic heterocycles. The Bertz CT molecular complexity index is 934. The number of hydrogen-bond acceptors (Lipinski definition) is 2. The summed E-state index contributed by atoms with van der Waals surface area (Å²) in [6, 6.07) is 19.8. The van der Waals surface area contributed by atoms with Crippen LogP contribution >= 0.6 is 0 Å². The van der Waals surface area contributed by atoms with Gasteiger partial charge in [-0.2, -0.15) is 0 Å². The van der Waals surface area contributed by atoms with Gasteiger partial charge >= 0.3 is 0 Å². The molecule has 0 aliphatic carbocycles. The molecule has 3 rings (SSSR count). The topological polar surface area (TPSA) is 58.2 Å². The summed E-state index contributed by atoms with van der Waals surface area (Å²) >= 11 is 0. The Balaban J connectivity index is 1.58. The predicted octanol–water partition coefficient (Wildman–Crippen LogP) is 4.32. The van der Waals surface area contributed by atoms with E-state index < -0.39 is 0 Å². The van der Waals surface area contributed by atoms with Crippen LogP contribution in [0.15, 0.2) is 72.8 Å². The third-order valence-corrected chi connectivity index (χ3v) is 4.09. The number of rotatable bonds is 5. The molecule has 2 N–H and O–H groups in total. The zero-order valence-electron chi connectivity index (χ0n) is 14.8. The summed E-state index contributed by atoms with van der Waals surface area (Å²) in [7, 11) is 0. The van der Waals surface area contributed by atoms with Crippen molar-refractivity contribution in [1.82, 2.24) is 5.32 Å². The lowest BCUT2D eigenvalue weighted by Gasteiger charge is -2.08. The minimum absolute atomic E-state index is 0.207. The third kappa shape index (κ3) is 5.01. The molecule has 0 saturated carbocycles. The Hall–Kier alpha value is -3.47. The number of amides is 2. The van der Waals surface area contributed by atoms with Crippen molar-refractivity contribution in [2.24, 2.45) is 0 Å². The first-order chi connectivity index (χ1) is 13.0. The van der Waals surface area contributed by atoms with Crippen molar-refractivity contribution in [3.05, 3.63) is 101 Å². The Morgan fingerprint density at radius 3 is 1.93 bits per heavy atom. The molecule has 2 amide bonds. The molecule has 0 saturated heterocycles. The smallest absolute Gasteiger partial charge is 0.255 e. The normalized spacial score (nSPS) is 10.3. The van der Waals surface area contributed by atoms with Gasteiger partial charge in [-0.15, -0.1) is 0 Å². The van der Waals surface area contributed by atoms with Crippen LogP contribution < -0.4 is 10.6 Å². The van der Waals surface area contributed by atoms with E-state index in [1.165, 1.54) is 29.8 Å². The van der Waals surface area contributed by atoms with E-state index >= 15 is 0 Å². The molecule has 136 valence electrons. The van der Waals surface area contributed by atoms with Crippen molar-refractivity contribution in [3.8, 4) is 0 Å². The van der Waals surface area contributed by atoms with Gasteiger partial charge in [0.05, 0.1) is 0 Å². The molecule has 5 heteroatoms. The van der Waals surface area contributed by atoms with Crippen LogP contribution in [0.1, 0.15) is 31.8 Å². The van der Waals surface area contributed by atoms with Crippen molar-refractivity contribution in [2.45, 2.75) is 13.5 Å². The number of anilines is 1. The second-order valence-corrected chi connectivity index (χ2v) is 6.21. The minimum Gasteiger partial charge on any atom is -0.348 e. The molecule has 3 aromatic carbocycles. The summed E-state index contributed by atoms with van der Waals surface area (Å²) in [5.74, 6) is -0.900. The monoisotopic (exact) mass is 362 g/mol. The molecule has 3 aromatic rings. The molecule has 0 unspecified atom stereocenters. The van der Waals surface area contributed by atoms with Crippen molar-refractivity contribution in [2.75, 3.05) is 5.32 Å². The SMILES string of the molecule is Cc1ccc(CNC(=O)c2ccc(C(=O)Nc3ccc(F)cc3)cc2)cc1. The molecule has 0 aliphatic heterocycles. The van der Waals surface area contributed by atoms with E-state index in [1.54, 1.807) is 24.3 Å². The summed E-state index contributed by atoms with van der Waals surface area (Å²) in [5, 5.41) is 5.53.